The van der Waals surface area contributed by atoms with Gasteiger partial charge >= 0.3 is 0 Å². The Labute approximate surface area is 123 Å². The third-order valence-electron chi connectivity index (χ3n) is 4.10. The lowest BCUT2D eigenvalue weighted by atomic mass is 9.97. The van der Waals surface area contributed by atoms with Crippen molar-refractivity contribution in [1.29, 1.82) is 0 Å². The summed E-state index contributed by atoms with van der Waals surface area (Å²) in [7, 11) is 0. The first kappa shape index (κ1) is 12.6. The number of aliphatic hydroxyl groups is 1. The molecule has 3 heteroatoms. The first-order valence-corrected chi connectivity index (χ1v) is 7.25. The largest absolute Gasteiger partial charge is 0.460 e. The molecular formula is C18H17NO2. The van der Waals surface area contributed by atoms with Gasteiger partial charge in [-0.05, 0) is 23.3 Å². The van der Waals surface area contributed by atoms with Gasteiger partial charge in [-0.2, -0.15) is 0 Å². The topological polar surface area (TPSA) is 36.6 Å². The Bertz CT molecular complexity index is 744. The molecule has 0 saturated heterocycles. The molecule has 0 saturated carbocycles. The molecule has 1 aromatic heterocycles. The number of para-hydroxylation sites is 1. The Balaban J connectivity index is 1.58. The highest BCUT2D eigenvalue weighted by Crippen LogP contribution is 2.28. The second-order valence-corrected chi connectivity index (χ2v) is 5.63. The highest BCUT2D eigenvalue weighted by molar-refractivity contribution is 5.77. The number of fused-ring (bicyclic) bond motifs is 2. The van der Waals surface area contributed by atoms with E-state index in [9.17, 15) is 5.11 Å². The average molecular weight is 279 g/mol. The fourth-order valence-corrected chi connectivity index (χ4v) is 3.11. The molecule has 1 aliphatic heterocycles. The van der Waals surface area contributed by atoms with Crippen molar-refractivity contribution in [3.05, 3.63) is 71.5 Å². The molecule has 3 aromatic rings. The Kier molecular flexibility index (Phi) is 3.02. The molecule has 0 fully saturated rings. The number of nitrogens with zero attached hydrogens (tertiary/aromatic N) is 1. The number of aliphatic hydroxyl groups excluding tert-OH is 1. The van der Waals surface area contributed by atoms with Gasteiger partial charge in [0.05, 0.1) is 12.6 Å². The van der Waals surface area contributed by atoms with E-state index >= 15 is 0 Å². The lowest BCUT2D eigenvalue weighted by Crippen LogP contribution is -2.32. The van der Waals surface area contributed by atoms with Gasteiger partial charge in [0.15, 0.2) is 0 Å². The highest BCUT2D eigenvalue weighted by Gasteiger charge is 2.23. The van der Waals surface area contributed by atoms with Crippen LogP contribution in [-0.2, 0) is 13.1 Å². The predicted molar refractivity (Wildman–Crippen MR) is 81.7 cm³/mol. The van der Waals surface area contributed by atoms with Crippen LogP contribution in [0, 0.1) is 0 Å². The zero-order chi connectivity index (χ0) is 14.2. The lowest BCUT2D eigenvalue weighted by molar-refractivity contribution is 0.0844. The third-order valence-corrected chi connectivity index (χ3v) is 4.10. The van der Waals surface area contributed by atoms with Crippen LogP contribution in [0.2, 0.25) is 0 Å². The number of β-amino-alcohol motifs (C(OH)–C–C–N with tert-alkyl or cyclic N) is 1. The van der Waals surface area contributed by atoms with Gasteiger partial charge in [-0.1, -0.05) is 42.5 Å². The lowest BCUT2D eigenvalue weighted by Gasteiger charge is -2.31. The van der Waals surface area contributed by atoms with Crippen molar-refractivity contribution in [2.45, 2.75) is 19.2 Å². The molecule has 1 atom stereocenters. The average Bonchev–Trinajstić information content (AvgIpc) is 2.89. The SMILES string of the molecule is OC1CN(Cc2cc3ccccc3o2)Cc2ccccc21. The van der Waals surface area contributed by atoms with Crippen molar-refractivity contribution in [3.63, 3.8) is 0 Å². The zero-order valence-electron chi connectivity index (χ0n) is 11.7. The summed E-state index contributed by atoms with van der Waals surface area (Å²) in [6, 6.07) is 18.2. The summed E-state index contributed by atoms with van der Waals surface area (Å²) in [4.78, 5) is 2.23. The molecule has 0 aliphatic carbocycles. The Morgan fingerprint density at radius 2 is 1.90 bits per heavy atom. The van der Waals surface area contributed by atoms with Crippen molar-refractivity contribution >= 4 is 11.0 Å². The molecular weight excluding hydrogens is 262 g/mol. The van der Waals surface area contributed by atoms with E-state index in [2.05, 4.69) is 23.1 Å². The van der Waals surface area contributed by atoms with Crippen LogP contribution in [-0.4, -0.2) is 16.6 Å². The van der Waals surface area contributed by atoms with Gasteiger partial charge in [-0.15, -0.1) is 0 Å². The van der Waals surface area contributed by atoms with Crippen molar-refractivity contribution < 1.29 is 9.52 Å². The molecule has 0 radical (unpaired) electrons. The van der Waals surface area contributed by atoms with Crippen LogP contribution in [0.25, 0.3) is 11.0 Å². The first-order valence-electron chi connectivity index (χ1n) is 7.25. The van der Waals surface area contributed by atoms with E-state index in [-0.39, 0.29) is 0 Å². The van der Waals surface area contributed by atoms with Gasteiger partial charge in [0.1, 0.15) is 11.3 Å². The summed E-state index contributed by atoms with van der Waals surface area (Å²) in [5.74, 6) is 0.947. The smallest absolute Gasteiger partial charge is 0.134 e. The molecule has 3 nitrogen and oxygen atoms in total. The van der Waals surface area contributed by atoms with E-state index in [1.165, 1.54) is 5.56 Å². The molecule has 0 bridgehead atoms. The number of benzene rings is 2. The third kappa shape index (κ3) is 2.35. The molecule has 1 unspecified atom stereocenters. The Morgan fingerprint density at radius 1 is 1.10 bits per heavy atom. The van der Waals surface area contributed by atoms with Crippen LogP contribution < -0.4 is 0 Å². The molecule has 4 rings (SSSR count). The van der Waals surface area contributed by atoms with Crippen LogP contribution >= 0.6 is 0 Å². The fourth-order valence-electron chi connectivity index (χ4n) is 3.11. The van der Waals surface area contributed by atoms with Gasteiger partial charge in [0.2, 0.25) is 0 Å². The number of furan rings is 1. The predicted octanol–water partition coefficient (Wildman–Crippen LogP) is 3.48. The standard InChI is InChI=1S/C18H17NO2/c20-17-12-19(10-14-6-1-3-7-16(14)17)11-15-9-13-5-2-4-8-18(13)21-15/h1-9,17,20H,10-12H2. The van der Waals surface area contributed by atoms with E-state index in [0.717, 1.165) is 35.4 Å². The minimum Gasteiger partial charge on any atom is -0.460 e. The molecule has 106 valence electrons. The van der Waals surface area contributed by atoms with Crippen LogP contribution in [0.5, 0.6) is 0 Å². The maximum atomic E-state index is 10.3. The van der Waals surface area contributed by atoms with Crippen molar-refractivity contribution in [3.8, 4) is 0 Å². The minimum atomic E-state index is -0.417. The Hall–Kier alpha value is -2.10. The fraction of sp³-hybridized carbons (Fsp3) is 0.222. The monoisotopic (exact) mass is 279 g/mol. The maximum Gasteiger partial charge on any atom is 0.134 e. The Morgan fingerprint density at radius 3 is 2.81 bits per heavy atom. The molecule has 2 aromatic carbocycles. The first-order chi connectivity index (χ1) is 10.3. The van der Waals surface area contributed by atoms with Gasteiger partial charge < -0.3 is 9.52 Å². The van der Waals surface area contributed by atoms with Crippen molar-refractivity contribution in [1.82, 2.24) is 4.90 Å². The minimum absolute atomic E-state index is 0.417. The summed E-state index contributed by atoms with van der Waals surface area (Å²) in [5.41, 5.74) is 3.18. The normalized spacial score (nSPS) is 18.8. The van der Waals surface area contributed by atoms with E-state index in [4.69, 9.17) is 4.42 Å². The van der Waals surface area contributed by atoms with E-state index in [1.54, 1.807) is 0 Å². The summed E-state index contributed by atoms with van der Waals surface area (Å²) in [5, 5.41) is 11.4. The van der Waals surface area contributed by atoms with Crippen LogP contribution in [0.1, 0.15) is 23.0 Å². The van der Waals surface area contributed by atoms with Gasteiger partial charge in [0.25, 0.3) is 0 Å². The zero-order valence-corrected chi connectivity index (χ0v) is 11.7. The quantitative estimate of drug-likeness (QED) is 0.780. The van der Waals surface area contributed by atoms with Crippen molar-refractivity contribution in [2.75, 3.05) is 6.54 Å². The van der Waals surface area contributed by atoms with Crippen LogP contribution in [0.3, 0.4) is 0 Å². The number of hydrogen-bond donors (Lipinski definition) is 1. The number of hydrogen-bond acceptors (Lipinski definition) is 3. The summed E-state index contributed by atoms with van der Waals surface area (Å²) in [6.45, 7) is 2.22. The molecule has 1 N–H and O–H groups in total. The molecule has 2 heterocycles. The van der Waals surface area contributed by atoms with Crippen LogP contribution in [0.15, 0.2) is 59.0 Å². The molecule has 21 heavy (non-hydrogen) atoms. The van der Waals surface area contributed by atoms with Gasteiger partial charge in [-0.25, -0.2) is 0 Å². The van der Waals surface area contributed by atoms with E-state index in [0.29, 0.717) is 6.54 Å². The van der Waals surface area contributed by atoms with E-state index in [1.807, 2.05) is 36.4 Å². The second kappa shape index (κ2) is 5.02. The summed E-state index contributed by atoms with van der Waals surface area (Å²) >= 11 is 0. The van der Waals surface area contributed by atoms with Gasteiger partial charge in [-0.3, -0.25) is 4.90 Å². The second-order valence-electron chi connectivity index (χ2n) is 5.63. The summed E-state index contributed by atoms with van der Waals surface area (Å²) in [6.07, 6.45) is -0.417. The van der Waals surface area contributed by atoms with Gasteiger partial charge in [0, 0.05) is 18.5 Å². The maximum absolute atomic E-state index is 10.3. The van der Waals surface area contributed by atoms with Crippen molar-refractivity contribution in [2.24, 2.45) is 0 Å². The number of rotatable bonds is 2. The van der Waals surface area contributed by atoms with E-state index < -0.39 is 6.10 Å². The highest BCUT2D eigenvalue weighted by atomic mass is 16.3. The van der Waals surface area contributed by atoms with Crippen LogP contribution in [0.4, 0.5) is 0 Å². The molecule has 0 spiro atoms. The summed E-state index contributed by atoms with van der Waals surface area (Å²) < 4.78 is 5.87. The molecule has 0 amide bonds. The molecule has 1 aliphatic rings.